The van der Waals surface area contributed by atoms with E-state index in [4.69, 9.17) is 31.3 Å². The summed E-state index contributed by atoms with van der Waals surface area (Å²) in [7, 11) is 1.58. The number of hydrogen-bond donors (Lipinski definition) is 2. The van der Waals surface area contributed by atoms with Crippen LogP contribution in [-0.4, -0.2) is 41.9 Å². The van der Waals surface area contributed by atoms with E-state index in [1.54, 1.807) is 18.9 Å². The minimum Gasteiger partial charge on any atom is -0.493 e. The molecule has 0 aliphatic carbocycles. The van der Waals surface area contributed by atoms with Crippen LogP contribution in [-0.2, 0) is 11.3 Å². The number of aliphatic imine (C=N–C) groups is 2. The standard InChI is InChI=1S/C21H21ClN4O4/c1-29-18-10-17-15(9-19(18)30-7-3-2-4-20(27)25-28)21-24-16-8-14(22)6-5-13(16)11-26(21)12-23-17/h5-6,8-10,12,28H,2-4,7,11H2,1H3,(H,25,27). The van der Waals surface area contributed by atoms with Gasteiger partial charge in [0, 0.05) is 23.1 Å². The SMILES string of the molecule is COc1cc2c(cc1OCCCCC(=O)NO)C1=Nc3cc(Cl)ccc3CN1C=N2. The zero-order valence-corrected chi connectivity index (χ0v) is 17.1. The van der Waals surface area contributed by atoms with Gasteiger partial charge in [-0.1, -0.05) is 17.7 Å². The Morgan fingerprint density at radius 3 is 2.90 bits per heavy atom. The quantitative estimate of drug-likeness (QED) is 0.395. The van der Waals surface area contributed by atoms with Crippen LogP contribution in [0.25, 0.3) is 0 Å². The molecule has 0 saturated heterocycles. The van der Waals surface area contributed by atoms with E-state index >= 15 is 0 Å². The number of fused-ring (bicyclic) bond motifs is 4. The largest absolute Gasteiger partial charge is 0.493 e. The summed E-state index contributed by atoms with van der Waals surface area (Å²) in [5.74, 6) is 1.53. The molecule has 0 bridgehead atoms. The van der Waals surface area contributed by atoms with E-state index in [1.807, 2.05) is 35.2 Å². The predicted octanol–water partition coefficient (Wildman–Crippen LogP) is 3.97. The maximum absolute atomic E-state index is 11.1. The van der Waals surface area contributed by atoms with Gasteiger partial charge in [0.25, 0.3) is 0 Å². The molecule has 2 aromatic rings. The van der Waals surface area contributed by atoms with Crippen molar-refractivity contribution in [2.24, 2.45) is 9.98 Å². The van der Waals surface area contributed by atoms with Gasteiger partial charge >= 0.3 is 0 Å². The number of hydroxylamine groups is 1. The van der Waals surface area contributed by atoms with Crippen molar-refractivity contribution >= 4 is 41.1 Å². The van der Waals surface area contributed by atoms with Crippen molar-refractivity contribution in [1.29, 1.82) is 0 Å². The third-order valence-corrected chi connectivity index (χ3v) is 5.16. The molecule has 0 unspecified atom stereocenters. The molecule has 2 aromatic carbocycles. The number of nitrogens with one attached hydrogen (secondary N) is 1. The second kappa shape index (κ2) is 8.73. The Hall–Kier alpha value is -3.10. The maximum atomic E-state index is 11.1. The van der Waals surface area contributed by atoms with Crippen molar-refractivity contribution in [3.63, 3.8) is 0 Å². The van der Waals surface area contributed by atoms with Crippen molar-refractivity contribution in [3.8, 4) is 11.5 Å². The van der Waals surface area contributed by atoms with Crippen LogP contribution in [0.15, 0.2) is 40.3 Å². The first-order valence-corrected chi connectivity index (χ1v) is 9.93. The van der Waals surface area contributed by atoms with Crippen molar-refractivity contribution < 1.29 is 19.5 Å². The number of amides is 1. The number of rotatable bonds is 7. The van der Waals surface area contributed by atoms with Gasteiger partial charge in [-0.3, -0.25) is 10.0 Å². The molecule has 30 heavy (non-hydrogen) atoms. The Morgan fingerprint density at radius 1 is 1.23 bits per heavy atom. The number of methoxy groups -OCH3 is 1. The first-order valence-electron chi connectivity index (χ1n) is 9.55. The second-order valence-electron chi connectivity index (χ2n) is 6.94. The molecule has 0 fully saturated rings. The highest BCUT2D eigenvalue weighted by Gasteiger charge is 2.27. The predicted molar refractivity (Wildman–Crippen MR) is 114 cm³/mol. The molecule has 0 radical (unpaired) electrons. The van der Waals surface area contributed by atoms with E-state index in [-0.39, 0.29) is 6.42 Å². The Morgan fingerprint density at radius 2 is 2.10 bits per heavy atom. The molecule has 8 nitrogen and oxygen atoms in total. The molecule has 0 spiro atoms. The van der Waals surface area contributed by atoms with Crippen molar-refractivity contribution in [1.82, 2.24) is 10.4 Å². The molecule has 4 rings (SSSR count). The molecule has 9 heteroatoms. The number of carbonyl (C=O) groups is 1. The van der Waals surface area contributed by atoms with Gasteiger partial charge < -0.3 is 14.4 Å². The second-order valence-corrected chi connectivity index (χ2v) is 7.38. The molecule has 2 aliphatic heterocycles. The lowest BCUT2D eigenvalue weighted by Crippen LogP contribution is -2.34. The molecular weight excluding hydrogens is 408 g/mol. The van der Waals surface area contributed by atoms with Gasteiger partial charge in [-0.2, -0.15) is 0 Å². The zero-order chi connectivity index (χ0) is 21.1. The van der Waals surface area contributed by atoms with Gasteiger partial charge in [0.2, 0.25) is 5.91 Å². The van der Waals surface area contributed by atoms with Crippen LogP contribution < -0.4 is 15.0 Å². The lowest BCUT2D eigenvalue weighted by Gasteiger charge is -2.30. The number of halogens is 1. The van der Waals surface area contributed by atoms with Crippen molar-refractivity contribution in [2.45, 2.75) is 25.8 Å². The molecule has 2 N–H and O–H groups in total. The fourth-order valence-corrected chi connectivity index (χ4v) is 3.55. The average molecular weight is 429 g/mol. The van der Waals surface area contributed by atoms with E-state index in [1.165, 1.54) is 0 Å². The fraction of sp³-hybridized carbons (Fsp3) is 0.286. The molecular formula is C21H21ClN4O4. The normalized spacial score (nSPS) is 13.7. The number of hydrogen-bond acceptors (Lipinski definition) is 7. The first kappa shape index (κ1) is 20.2. The van der Waals surface area contributed by atoms with Crippen LogP contribution in [0.5, 0.6) is 11.5 Å². The lowest BCUT2D eigenvalue weighted by molar-refractivity contribution is -0.129. The molecule has 156 valence electrons. The molecule has 0 atom stereocenters. The van der Waals surface area contributed by atoms with Crippen LogP contribution in [0.4, 0.5) is 11.4 Å². The van der Waals surface area contributed by atoms with Crippen LogP contribution in [0, 0.1) is 0 Å². The molecule has 2 aliphatic rings. The summed E-state index contributed by atoms with van der Waals surface area (Å²) < 4.78 is 11.4. The van der Waals surface area contributed by atoms with E-state index in [0.717, 1.165) is 28.3 Å². The summed E-state index contributed by atoms with van der Waals surface area (Å²) in [5, 5.41) is 9.18. The summed E-state index contributed by atoms with van der Waals surface area (Å²) in [6, 6.07) is 9.40. The third kappa shape index (κ3) is 4.10. The monoisotopic (exact) mass is 428 g/mol. The Balaban J connectivity index is 1.58. The highest BCUT2D eigenvalue weighted by atomic mass is 35.5. The number of benzene rings is 2. The van der Waals surface area contributed by atoms with Gasteiger partial charge in [-0.25, -0.2) is 15.5 Å². The molecule has 0 aromatic heterocycles. The summed E-state index contributed by atoms with van der Waals surface area (Å²) >= 11 is 6.14. The van der Waals surface area contributed by atoms with Crippen LogP contribution in [0.1, 0.15) is 30.4 Å². The Kier molecular flexibility index (Phi) is 5.87. The van der Waals surface area contributed by atoms with E-state index in [9.17, 15) is 4.79 Å². The lowest BCUT2D eigenvalue weighted by atomic mass is 10.0. The van der Waals surface area contributed by atoms with E-state index in [2.05, 4.69) is 4.99 Å². The smallest absolute Gasteiger partial charge is 0.243 e. The Bertz CT molecular complexity index is 1040. The van der Waals surface area contributed by atoms with E-state index < -0.39 is 5.91 Å². The summed E-state index contributed by atoms with van der Waals surface area (Å²) in [6.45, 7) is 1.06. The third-order valence-electron chi connectivity index (χ3n) is 4.93. The highest BCUT2D eigenvalue weighted by Crippen LogP contribution is 2.40. The van der Waals surface area contributed by atoms with E-state index in [0.29, 0.717) is 42.5 Å². The van der Waals surface area contributed by atoms with Gasteiger partial charge in [0.05, 0.1) is 38.0 Å². The van der Waals surface area contributed by atoms with Gasteiger partial charge in [0.15, 0.2) is 11.5 Å². The van der Waals surface area contributed by atoms with Gasteiger partial charge in [-0.05, 0) is 36.6 Å². The van der Waals surface area contributed by atoms with Crippen molar-refractivity contribution in [2.75, 3.05) is 13.7 Å². The van der Waals surface area contributed by atoms with Crippen LogP contribution >= 0.6 is 11.6 Å². The fourth-order valence-electron chi connectivity index (χ4n) is 3.39. The molecule has 0 saturated carbocycles. The zero-order valence-electron chi connectivity index (χ0n) is 16.4. The summed E-state index contributed by atoms with van der Waals surface area (Å²) in [6.07, 6.45) is 3.27. The summed E-state index contributed by atoms with van der Waals surface area (Å²) in [4.78, 5) is 22.4. The number of ether oxygens (including phenoxy) is 2. The molecule has 1 amide bonds. The number of unbranched alkanes of at least 4 members (excludes halogenated alkanes) is 1. The highest BCUT2D eigenvalue weighted by molar-refractivity contribution is 6.31. The van der Waals surface area contributed by atoms with Crippen molar-refractivity contribution in [3.05, 3.63) is 46.5 Å². The Labute approximate surface area is 178 Å². The van der Waals surface area contributed by atoms with Gasteiger partial charge in [0.1, 0.15) is 5.84 Å². The number of nitrogens with zero attached hydrogens (tertiary/aromatic N) is 3. The number of carbonyl (C=O) groups excluding carboxylic acids is 1. The maximum Gasteiger partial charge on any atom is 0.243 e. The minimum atomic E-state index is -0.407. The summed E-state index contributed by atoms with van der Waals surface area (Å²) in [5.41, 5.74) is 5.14. The number of amidine groups is 1. The molecule has 2 heterocycles. The topological polar surface area (TPSA) is 95.8 Å². The minimum absolute atomic E-state index is 0.240. The van der Waals surface area contributed by atoms with Crippen LogP contribution in [0.3, 0.4) is 0 Å². The van der Waals surface area contributed by atoms with Gasteiger partial charge in [-0.15, -0.1) is 0 Å². The first-order chi connectivity index (χ1) is 14.6. The van der Waals surface area contributed by atoms with Crippen LogP contribution in [0.2, 0.25) is 5.02 Å². The average Bonchev–Trinajstić information content (AvgIpc) is 2.76.